The molecule has 1 amide bonds. The van der Waals surface area contributed by atoms with Gasteiger partial charge in [0.1, 0.15) is 24.6 Å². The van der Waals surface area contributed by atoms with E-state index in [1.54, 1.807) is 6.08 Å². The maximum absolute atomic E-state index is 12.6. The number of rotatable bonds is 6. The van der Waals surface area contributed by atoms with Gasteiger partial charge in [-0.1, -0.05) is 48.0 Å². The Morgan fingerprint density at radius 2 is 1.89 bits per heavy atom. The Kier molecular flexibility index (Phi) is 6.06. The van der Waals surface area contributed by atoms with Crippen LogP contribution in [0.2, 0.25) is 0 Å². The molecule has 1 heterocycles. The lowest BCUT2D eigenvalue weighted by molar-refractivity contribution is -0.143. The number of para-hydroxylation sites is 1. The second-order valence-electron chi connectivity index (χ2n) is 6.27. The van der Waals surface area contributed by atoms with Gasteiger partial charge in [0, 0.05) is 5.56 Å². The van der Waals surface area contributed by atoms with E-state index in [2.05, 4.69) is 10.1 Å². The zero-order chi connectivity index (χ0) is 20.1. The van der Waals surface area contributed by atoms with Gasteiger partial charge in [0.25, 0.3) is 5.91 Å². The quantitative estimate of drug-likeness (QED) is 0.460. The number of hydrogen-bond acceptors (Lipinski definition) is 5. The number of hydrogen-bond donors (Lipinski definition) is 1. The predicted molar refractivity (Wildman–Crippen MR) is 109 cm³/mol. The number of nitrogens with zero attached hydrogens (tertiary/aromatic N) is 1. The van der Waals surface area contributed by atoms with Gasteiger partial charge in [0.15, 0.2) is 5.11 Å². The first kappa shape index (κ1) is 19.6. The Morgan fingerprint density at radius 1 is 1.18 bits per heavy atom. The van der Waals surface area contributed by atoms with Crippen LogP contribution in [0, 0.1) is 6.92 Å². The van der Waals surface area contributed by atoms with Crippen molar-refractivity contribution < 1.29 is 19.1 Å². The minimum Gasteiger partial charge on any atom is -0.488 e. The van der Waals surface area contributed by atoms with Crippen LogP contribution in [0.1, 0.15) is 16.7 Å². The summed E-state index contributed by atoms with van der Waals surface area (Å²) in [5, 5.41) is 3.01. The molecule has 0 radical (unpaired) electrons. The van der Waals surface area contributed by atoms with Gasteiger partial charge in [0.2, 0.25) is 0 Å². The van der Waals surface area contributed by atoms with Crippen LogP contribution < -0.4 is 10.1 Å². The van der Waals surface area contributed by atoms with E-state index in [0.29, 0.717) is 12.4 Å². The molecule has 1 aliphatic rings. The van der Waals surface area contributed by atoms with Crippen LogP contribution in [0.15, 0.2) is 54.2 Å². The number of thiocarbonyl (C=S) groups is 1. The molecule has 2 aromatic rings. The van der Waals surface area contributed by atoms with Crippen LogP contribution in [-0.2, 0) is 20.9 Å². The van der Waals surface area contributed by atoms with E-state index in [1.165, 1.54) is 17.6 Å². The van der Waals surface area contributed by atoms with E-state index in [4.69, 9.17) is 17.0 Å². The van der Waals surface area contributed by atoms with Gasteiger partial charge in [-0.05, 0) is 36.8 Å². The number of aryl methyl sites for hydroxylation is 1. The SMILES string of the molecule is COC(=O)CN1C(=O)/C(=C/c2ccccc2OCc2ccc(C)cc2)NC1=S. The molecule has 1 fully saturated rings. The molecule has 6 nitrogen and oxygen atoms in total. The molecule has 0 bridgehead atoms. The molecule has 2 aromatic carbocycles. The van der Waals surface area contributed by atoms with Crippen molar-refractivity contribution >= 4 is 35.3 Å². The maximum atomic E-state index is 12.6. The monoisotopic (exact) mass is 396 g/mol. The fourth-order valence-electron chi connectivity index (χ4n) is 2.64. The standard InChI is InChI=1S/C21H20N2O4S/c1-14-7-9-15(10-8-14)13-27-18-6-4-3-5-16(18)11-17-20(25)23(21(28)22-17)12-19(24)26-2/h3-11H,12-13H2,1-2H3,(H,22,28)/b17-11-. The minimum absolute atomic E-state index is 0.166. The topological polar surface area (TPSA) is 67.9 Å². The van der Waals surface area contributed by atoms with Crippen molar-refractivity contribution in [2.24, 2.45) is 0 Å². The molecule has 0 unspecified atom stereocenters. The molecule has 1 aliphatic heterocycles. The average molecular weight is 396 g/mol. The molecule has 7 heteroatoms. The van der Waals surface area contributed by atoms with Gasteiger partial charge in [-0.3, -0.25) is 14.5 Å². The summed E-state index contributed by atoms with van der Waals surface area (Å²) in [6.45, 7) is 2.21. The van der Waals surface area contributed by atoms with Crippen molar-refractivity contribution in [3.8, 4) is 5.75 Å². The molecule has 144 valence electrons. The maximum Gasteiger partial charge on any atom is 0.325 e. The van der Waals surface area contributed by atoms with E-state index in [1.807, 2.05) is 55.5 Å². The highest BCUT2D eigenvalue weighted by molar-refractivity contribution is 7.80. The number of amides is 1. The predicted octanol–water partition coefficient (Wildman–Crippen LogP) is 2.80. The lowest BCUT2D eigenvalue weighted by Gasteiger charge is -2.11. The van der Waals surface area contributed by atoms with E-state index < -0.39 is 5.97 Å². The highest BCUT2D eigenvalue weighted by Crippen LogP contribution is 2.23. The molecule has 0 atom stereocenters. The third-order valence-corrected chi connectivity index (χ3v) is 4.53. The minimum atomic E-state index is -0.541. The van der Waals surface area contributed by atoms with E-state index >= 15 is 0 Å². The number of carbonyl (C=O) groups excluding carboxylic acids is 2. The highest BCUT2D eigenvalue weighted by Gasteiger charge is 2.32. The Labute approximate surface area is 168 Å². The number of methoxy groups -OCH3 is 1. The highest BCUT2D eigenvalue weighted by atomic mass is 32.1. The van der Waals surface area contributed by atoms with Crippen LogP contribution in [0.5, 0.6) is 5.75 Å². The molecule has 0 aliphatic carbocycles. The second kappa shape index (κ2) is 8.67. The first-order chi connectivity index (χ1) is 13.5. The third-order valence-electron chi connectivity index (χ3n) is 4.21. The summed E-state index contributed by atoms with van der Waals surface area (Å²) >= 11 is 5.15. The van der Waals surface area contributed by atoms with Gasteiger partial charge in [0.05, 0.1) is 7.11 Å². The third kappa shape index (κ3) is 4.55. The first-order valence-electron chi connectivity index (χ1n) is 8.66. The van der Waals surface area contributed by atoms with Gasteiger partial charge in [-0.25, -0.2) is 0 Å². The fourth-order valence-corrected chi connectivity index (χ4v) is 2.90. The summed E-state index contributed by atoms with van der Waals surface area (Å²) in [5.41, 5.74) is 3.24. The van der Waals surface area contributed by atoms with E-state index in [0.717, 1.165) is 11.1 Å². The Morgan fingerprint density at radius 3 is 2.61 bits per heavy atom. The van der Waals surface area contributed by atoms with E-state index in [-0.39, 0.29) is 23.3 Å². The van der Waals surface area contributed by atoms with Crippen LogP contribution in [-0.4, -0.2) is 35.5 Å². The molecule has 1 N–H and O–H groups in total. The van der Waals surface area contributed by atoms with Gasteiger partial charge >= 0.3 is 5.97 Å². The van der Waals surface area contributed by atoms with Crippen molar-refractivity contribution in [1.82, 2.24) is 10.2 Å². The number of esters is 1. The molecule has 0 aromatic heterocycles. The number of benzene rings is 2. The largest absolute Gasteiger partial charge is 0.488 e. The Balaban J connectivity index is 1.77. The van der Waals surface area contributed by atoms with Crippen molar-refractivity contribution in [1.29, 1.82) is 0 Å². The Hall–Kier alpha value is -3.19. The summed E-state index contributed by atoms with van der Waals surface area (Å²) < 4.78 is 10.5. The average Bonchev–Trinajstić information content (AvgIpc) is 2.95. The van der Waals surface area contributed by atoms with Gasteiger partial charge in [-0.15, -0.1) is 0 Å². The normalized spacial score (nSPS) is 14.9. The molecule has 0 saturated carbocycles. The lowest BCUT2D eigenvalue weighted by atomic mass is 10.1. The summed E-state index contributed by atoms with van der Waals surface area (Å²) in [5.74, 6) is -0.285. The Bertz CT molecular complexity index is 938. The van der Waals surface area contributed by atoms with Crippen LogP contribution in [0.4, 0.5) is 0 Å². The van der Waals surface area contributed by atoms with Crippen molar-refractivity contribution in [2.75, 3.05) is 13.7 Å². The molecule has 28 heavy (non-hydrogen) atoms. The number of nitrogens with one attached hydrogen (secondary N) is 1. The molecule has 1 saturated heterocycles. The zero-order valence-corrected chi connectivity index (χ0v) is 16.4. The first-order valence-corrected chi connectivity index (χ1v) is 9.07. The van der Waals surface area contributed by atoms with Crippen LogP contribution >= 0.6 is 12.2 Å². The summed E-state index contributed by atoms with van der Waals surface area (Å²) in [4.78, 5) is 25.2. The second-order valence-corrected chi connectivity index (χ2v) is 6.65. The number of carbonyl (C=O) groups is 2. The fraction of sp³-hybridized carbons (Fsp3) is 0.190. The van der Waals surface area contributed by atoms with Crippen molar-refractivity contribution in [3.63, 3.8) is 0 Å². The summed E-state index contributed by atoms with van der Waals surface area (Å²) in [7, 11) is 1.26. The van der Waals surface area contributed by atoms with Crippen molar-refractivity contribution in [2.45, 2.75) is 13.5 Å². The van der Waals surface area contributed by atoms with Crippen molar-refractivity contribution in [3.05, 3.63) is 70.9 Å². The van der Waals surface area contributed by atoms with Crippen LogP contribution in [0.25, 0.3) is 6.08 Å². The van der Waals surface area contributed by atoms with Crippen LogP contribution in [0.3, 0.4) is 0 Å². The summed E-state index contributed by atoms with van der Waals surface area (Å²) in [6.07, 6.45) is 1.66. The molecule has 3 rings (SSSR count). The van der Waals surface area contributed by atoms with E-state index in [9.17, 15) is 9.59 Å². The smallest absolute Gasteiger partial charge is 0.325 e. The molecular weight excluding hydrogens is 376 g/mol. The number of ether oxygens (including phenoxy) is 2. The molecule has 0 spiro atoms. The molecular formula is C21H20N2O4S. The van der Waals surface area contributed by atoms with Gasteiger partial charge < -0.3 is 14.8 Å². The van der Waals surface area contributed by atoms with Gasteiger partial charge in [-0.2, -0.15) is 0 Å². The summed E-state index contributed by atoms with van der Waals surface area (Å²) in [6, 6.07) is 15.5. The zero-order valence-electron chi connectivity index (χ0n) is 15.6. The lowest BCUT2D eigenvalue weighted by Crippen LogP contribution is -2.35.